The molecule has 28 nitrogen and oxygen atoms in total. The number of aliphatic hydroxyl groups is 3. The van der Waals surface area contributed by atoms with Gasteiger partial charge in [0, 0.05) is 139 Å². The van der Waals surface area contributed by atoms with Gasteiger partial charge in [-0.2, -0.15) is 0 Å². The lowest BCUT2D eigenvalue weighted by Gasteiger charge is -2.41. The molecule has 0 amide bonds. The Bertz CT molecular complexity index is 4840. The summed E-state index contributed by atoms with van der Waals surface area (Å²) >= 11 is 0. The molecule has 10 aliphatic heterocycles. The van der Waals surface area contributed by atoms with Crippen molar-refractivity contribution in [1.82, 2.24) is 48.1 Å². The lowest BCUT2D eigenvalue weighted by atomic mass is 9.79. The van der Waals surface area contributed by atoms with E-state index in [1.807, 2.05) is 0 Å². The lowest BCUT2D eigenvalue weighted by molar-refractivity contribution is 0.0970. The highest BCUT2D eigenvalue weighted by molar-refractivity contribution is 7.91. The minimum absolute atomic E-state index is 0.0221. The van der Waals surface area contributed by atoms with Gasteiger partial charge in [-0.1, -0.05) is 208 Å². The number of nitrogens with one attached hydrogen (secondary N) is 5. The molecule has 0 radical (unpaired) electrons. The van der Waals surface area contributed by atoms with Gasteiger partial charge in [-0.05, 0) is 178 Å². The Morgan fingerprint density at radius 3 is 0.609 bits per heavy atom. The Balaban J connectivity index is 0.000000160. The molecule has 5 saturated heterocycles. The quantitative estimate of drug-likeness (QED) is 0.0670. The Hall–Kier alpha value is -4.52. The van der Waals surface area contributed by atoms with Crippen molar-refractivity contribution in [3.05, 3.63) is 56.4 Å². The fourth-order valence-electron chi connectivity index (χ4n) is 22.6. The molecule has 758 valence electrons. The Labute approximate surface area is 804 Å². The van der Waals surface area contributed by atoms with Crippen LogP contribution in [0, 0.1) is 66.0 Å². The molecule has 0 aromatic carbocycles. The molecule has 0 spiro atoms. The number of allylic oxidation sites excluding steroid dienone is 2. The topological polar surface area (TPSA) is 370 Å². The number of rotatable bonds is 17. The van der Waals surface area contributed by atoms with Gasteiger partial charge in [-0.15, -0.1) is 0 Å². The van der Waals surface area contributed by atoms with Crippen LogP contribution in [0.2, 0.25) is 0 Å². The van der Waals surface area contributed by atoms with Crippen molar-refractivity contribution in [2.75, 3.05) is 45.8 Å². The summed E-state index contributed by atoms with van der Waals surface area (Å²) in [6.45, 7) is 81.5. The van der Waals surface area contributed by atoms with Crippen molar-refractivity contribution in [1.29, 1.82) is 0 Å². The number of nitrogens with zero attached hydrogens (tertiary/aromatic N) is 10. The van der Waals surface area contributed by atoms with Crippen molar-refractivity contribution in [3.63, 3.8) is 0 Å². The van der Waals surface area contributed by atoms with Crippen molar-refractivity contribution in [2.45, 2.75) is 432 Å². The van der Waals surface area contributed by atoms with Crippen LogP contribution in [0.25, 0.3) is 0 Å². The monoisotopic (exact) mass is 1950 g/mol. The van der Waals surface area contributed by atoms with Gasteiger partial charge in [0.2, 0.25) is 50.1 Å². The van der Waals surface area contributed by atoms with Crippen LogP contribution in [0.5, 0.6) is 0 Å². The minimum atomic E-state index is -3.40. The Morgan fingerprint density at radius 2 is 0.444 bits per heavy atom. The standard InChI is InChI=1S/3C20H35N3O3S.2C20H35N3O2S/c3*1-12-17(19(2,3)4)16-8-13(11-23(16)18(21-12)20(5,6)7)22-27(25,26)15-9-14(24)10-15;2*1-13-17(19(2,3)4)16-10-14(11-21-26(24,25)15-8-9-15)12-23(16)18(22-13)20(5,6)7/h3*12-15,22,24H,8-11H2,1-7H3;2*13-15,21H,8-12H2,1-7H3/t12-,13?,14?,15?;12-,13+,14?,15?;12-,13-,14?,15?;13-,14+;13-,14-/m00000/s1. The van der Waals surface area contributed by atoms with E-state index >= 15 is 0 Å². The molecule has 15 aliphatic rings. The normalized spacial score (nSPS) is 30.5. The maximum Gasteiger partial charge on any atom is 0.215 e. The van der Waals surface area contributed by atoms with Gasteiger partial charge in [-0.25, -0.2) is 65.7 Å². The zero-order valence-electron chi connectivity index (χ0n) is 87.9. The second-order valence-corrected chi connectivity index (χ2v) is 61.8. The first-order valence-corrected chi connectivity index (χ1v) is 57.5. The van der Waals surface area contributed by atoms with Gasteiger partial charge >= 0.3 is 0 Å². The van der Waals surface area contributed by atoms with Crippen molar-refractivity contribution in [2.24, 2.45) is 90.9 Å². The van der Waals surface area contributed by atoms with E-state index in [1.165, 1.54) is 56.4 Å². The summed E-state index contributed by atoms with van der Waals surface area (Å²) in [4.78, 5) is 36.7. The van der Waals surface area contributed by atoms with E-state index in [2.05, 4.69) is 290 Å². The predicted octanol–water partition coefficient (Wildman–Crippen LogP) is 15.0. The number of amidine groups is 5. The number of sulfonamides is 5. The second kappa shape index (κ2) is 38.1. The third-order valence-corrected chi connectivity index (χ3v) is 38.1. The predicted molar refractivity (Wildman–Crippen MR) is 542 cm³/mol. The van der Waals surface area contributed by atoms with E-state index in [9.17, 15) is 57.4 Å². The van der Waals surface area contributed by atoms with Crippen LogP contribution in [-0.4, -0.2) is 250 Å². The zero-order valence-corrected chi connectivity index (χ0v) is 92.0. The number of hydrogen-bond donors (Lipinski definition) is 8. The summed E-state index contributed by atoms with van der Waals surface area (Å²) < 4.78 is 139. The van der Waals surface area contributed by atoms with Crippen LogP contribution in [-0.2, 0) is 50.1 Å². The summed E-state index contributed by atoms with van der Waals surface area (Å²) in [6, 6.07) is 0.191. The first kappa shape index (κ1) is 109. The maximum atomic E-state index is 12.7. The molecule has 0 aromatic rings. The fourth-order valence-corrected chi connectivity index (χ4v) is 30.8. The molecule has 5 saturated carbocycles. The third kappa shape index (κ3) is 25.2. The van der Waals surface area contributed by atoms with Crippen LogP contribution in [0.4, 0.5) is 0 Å². The Morgan fingerprint density at radius 1 is 0.263 bits per heavy atom. The summed E-state index contributed by atoms with van der Waals surface area (Å²) in [5, 5.41) is 26.7. The first-order valence-electron chi connectivity index (χ1n) is 49.7. The van der Waals surface area contributed by atoms with Gasteiger partial charge in [-0.3, -0.25) is 25.0 Å². The van der Waals surface area contributed by atoms with Gasteiger partial charge in [0.25, 0.3) is 0 Å². The number of hydrogen-bond acceptors (Lipinski definition) is 23. The van der Waals surface area contributed by atoms with E-state index in [1.54, 1.807) is 0 Å². The first-order chi connectivity index (χ1) is 60.2. The van der Waals surface area contributed by atoms with E-state index < -0.39 is 84.2 Å². The highest BCUT2D eigenvalue weighted by Crippen LogP contribution is 2.51. The van der Waals surface area contributed by atoms with Gasteiger partial charge in [0.1, 0.15) is 29.2 Å². The highest BCUT2D eigenvalue weighted by atomic mass is 32.2. The second-order valence-electron chi connectivity index (χ2n) is 51.8. The SMILES string of the molecule is C[C@@H]1N=C(C(C)(C)C)N2CC(NS(=O)(=O)C3CC(O)C3)CC2=C1C(C)(C)C.C[C@@H]1N=C(C(C)(C)C)N2C[C@@H](CNS(=O)(=O)C3CC3)CC2=C1C(C)(C)C.C[C@@H]1N=C(C(C)(C)C)N2C[C@@H](NS(=O)(=O)C3CC(O)C3)CC2=C1C(C)(C)C.C[C@@H]1N=C(C(C)(C)C)N2C[C@H](CNS(=O)(=O)C3CC3)CC2=C1C(C)(C)C.C[C@@H]1N=C(C(C)(C)C)N2C[C@H](NS(=O)(=O)C3CC(O)C3)CC2=C1C(C)(C)C. The van der Waals surface area contributed by atoms with Gasteiger partial charge in [0.05, 0.1) is 74.8 Å². The van der Waals surface area contributed by atoms with Gasteiger partial charge < -0.3 is 39.8 Å². The van der Waals surface area contributed by atoms with E-state index in [0.29, 0.717) is 102 Å². The largest absolute Gasteiger partial charge is 0.393 e. The summed E-state index contributed by atoms with van der Waals surface area (Å²) in [5.41, 5.74) is 12.9. The van der Waals surface area contributed by atoms with Crippen LogP contribution in [0.15, 0.2) is 81.3 Å². The molecule has 0 aromatic heterocycles. The molecular formula is C100H175N15O13S5. The molecule has 10 fully saturated rings. The average Bonchev–Trinajstić information content (AvgIpc) is 1.36. The Kier molecular flexibility index (Phi) is 31.2. The minimum Gasteiger partial charge on any atom is -0.393 e. The van der Waals surface area contributed by atoms with Crippen LogP contribution < -0.4 is 23.6 Å². The number of aliphatic imine (C=N–C) groups is 5. The van der Waals surface area contributed by atoms with Crippen LogP contribution in [0.1, 0.15) is 339 Å². The zero-order chi connectivity index (χ0) is 100. The molecule has 8 N–H and O–H groups in total. The molecule has 1 unspecified atom stereocenters. The smallest absolute Gasteiger partial charge is 0.215 e. The van der Waals surface area contributed by atoms with E-state index in [0.717, 1.165) is 80.8 Å². The van der Waals surface area contributed by atoms with Crippen molar-refractivity contribution >= 4 is 79.3 Å². The molecule has 133 heavy (non-hydrogen) atoms. The molecule has 0 bridgehead atoms. The number of fused-ring (bicyclic) bond motifs is 5. The maximum absolute atomic E-state index is 12.7. The van der Waals surface area contributed by atoms with E-state index in [4.69, 9.17) is 25.0 Å². The summed E-state index contributed by atoms with van der Waals surface area (Å²) in [7, 11) is -16.4. The lowest BCUT2D eigenvalue weighted by Crippen LogP contribution is -2.49. The number of aliphatic hydroxyl groups excluding tert-OH is 3. The highest BCUT2D eigenvalue weighted by Gasteiger charge is 2.53. The summed E-state index contributed by atoms with van der Waals surface area (Å²) in [5.74, 6) is 6.00. The van der Waals surface area contributed by atoms with Crippen molar-refractivity contribution < 1.29 is 57.4 Å². The molecule has 10 atom stereocenters. The van der Waals surface area contributed by atoms with Crippen LogP contribution in [0.3, 0.4) is 0 Å². The fraction of sp³-hybridized carbons (Fsp3) is 0.850. The molecule has 33 heteroatoms. The van der Waals surface area contributed by atoms with E-state index in [-0.39, 0.29) is 113 Å². The van der Waals surface area contributed by atoms with Gasteiger partial charge in [0.15, 0.2) is 0 Å². The molecule has 15 rings (SSSR count). The van der Waals surface area contributed by atoms with Crippen LogP contribution >= 0.6 is 0 Å². The summed E-state index contributed by atoms with van der Waals surface area (Å²) in [6.07, 6.45) is 7.80. The molecule has 5 aliphatic carbocycles. The third-order valence-electron chi connectivity index (χ3n) is 28.5. The molecular weight excluding hydrogens is 1780 g/mol. The average molecular weight is 1960 g/mol. The molecule has 10 heterocycles. The van der Waals surface area contributed by atoms with Crippen molar-refractivity contribution in [3.8, 4) is 0 Å².